The van der Waals surface area contributed by atoms with E-state index in [-0.39, 0.29) is 31.6 Å². The standard InChI is InChI=1S/C17H20N4O5/c1-19-14(17(25)26-18-19)9-21(13-7-8-13)15(22)10-20(11-16(23)24)12-5-3-2-4-6-12/h2-6,13H,7-11H2,1H3,(H-,18,23,24,25)/p+1. The first kappa shape index (κ1) is 17.7. The highest BCUT2D eigenvalue weighted by Crippen LogP contribution is 2.28. The lowest BCUT2D eigenvalue weighted by atomic mass is 10.2. The van der Waals surface area contributed by atoms with Gasteiger partial charge in [0.05, 0.1) is 6.54 Å². The molecule has 0 saturated heterocycles. The summed E-state index contributed by atoms with van der Waals surface area (Å²) < 4.78 is 6.18. The number of H-pyrrole nitrogens is 1. The Hall–Kier alpha value is -3.10. The molecule has 1 aliphatic rings. The smallest absolute Gasteiger partial charge is 0.431 e. The predicted octanol–water partition coefficient (Wildman–Crippen LogP) is -0.125. The number of aryl methyl sites for hydroxylation is 1. The predicted molar refractivity (Wildman–Crippen MR) is 90.4 cm³/mol. The van der Waals surface area contributed by atoms with Crippen LogP contribution in [-0.2, 0) is 23.2 Å². The van der Waals surface area contributed by atoms with Crippen LogP contribution in [0.2, 0.25) is 0 Å². The van der Waals surface area contributed by atoms with Crippen LogP contribution in [-0.4, -0.2) is 46.3 Å². The van der Waals surface area contributed by atoms with Crippen molar-refractivity contribution in [3.63, 3.8) is 0 Å². The molecule has 1 saturated carbocycles. The van der Waals surface area contributed by atoms with Crippen molar-refractivity contribution in [1.29, 1.82) is 0 Å². The zero-order chi connectivity index (χ0) is 18.7. The molecule has 2 N–H and O–H groups in total. The van der Waals surface area contributed by atoms with Crippen LogP contribution >= 0.6 is 0 Å². The largest absolute Gasteiger partial charge is 0.480 e. The Morgan fingerprint density at radius 3 is 2.50 bits per heavy atom. The van der Waals surface area contributed by atoms with Gasteiger partial charge in [-0.1, -0.05) is 22.9 Å². The Balaban J connectivity index is 1.77. The van der Waals surface area contributed by atoms with E-state index in [0.29, 0.717) is 11.4 Å². The molecule has 0 atom stereocenters. The van der Waals surface area contributed by atoms with Crippen molar-refractivity contribution in [2.45, 2.75) is 25.4 Å². The van der Waals surface area contributed by atoms with Crippen molar-refractivity contribution in [1.82, 2.24) is 10.2 Å². The lowest BCUT2D eigenvalue weighted by molar-refractivity contribution is -0.746. The number of carboxylic acids is 1. The first-order valence-corrected chi connectivity index (χ1v) is 8.33. The molecule has 1 aromatic carbocycles. The van der Waals surface area contributed by atoms with Gasteiger partial charge in [-0.2, -0.15) is 0 Å². The lowest BCUT2D eigenvalue weighted by Gasteiger charge is -2.27. The first-order valence-electron chi connectivity index (χ1n) is 8.33. The SMILES string of the molecule is C[n+]1[nH]oc(=O)c1CN(C(=O)CN(CC(=O)O)c1ccccc1)C1CC1. The number of aromatic amines is 1. The minimum Gasteiger partial charge on any atom is -0.480 e. The average molecular weight is 361 g/mol. The molecule has 0 bridgehead atoms. The summed E-state index contributed by atoms with van der Waals surface area (Å²) in [5, 5.41) is 11.6. The minimum absolute atomic E-state index is 0.0688. The molecule has 1 amide bonds. The molecule has 1 heterocycles. The Labute approximate surface area is 149 Å². The number of carbonyl (C=O) groups excluding carboxylic acids is 1. The fourth-order valence-electron chi connectivity index (χ4n) is 2.79. The van der Waals surface area contributed by atoms with E-state index in [9.17, 15) is 19.5 Å². The quantitative estimate of drug-likeness (QED) is 0.634. The Bertz CT molecular complexity index is 840. The molecular formula is C17H21N4O5+. The van der Waals surface area contributed by atoms with Crippen molar-refractivity contribution >= 4 is 17.6 Å². The van der Waals surface area contributed by atoms with E-state index >= 15 is 0 Å². The van der Waals surface area contributed by atoms with Gasteiger partial charge in [-0.05, 0) is 30.2 Å². The number of amides is 1. The molecule has 9 heteroatoms. The van der Waals surface area contributed by atoms with Gasteiger partial charge in [-0.25, -0.2) is 4.79 Å². The number of para-hydroxylation sites is 1. The highest BCUT2D eigenvalue weighted by Gasteiger charge is 2.36. The summed E-state index contributed by atoms with van der Waals surface area (Å²) in [6.07, 6.45) is 1.74. The van der Waals surface area contributed by atoms with Crippen LogP contribution in [0.3, 0.4) is 0 Å². The molecule has 138 valence electrons. The highest BCUT2D eigenvalue weighted by atomic mass is 16.5. The summed E-state index contributed by atoms with van der Waals surface area (Å²) >= 11 is 0. The Kier molecular flexibility index (Phi) is 5.06. The number of nitrogens with one attached hydrogen (secondary N) is 1. The summed E-state index contributed by atoms with van der Waals surface area (Å²) in [5.41, 5.74) is 0.483. The van der Waals surface area contributed by atoms with E-state index in [0.717, 1.165) is 12.8 Å². The number of hydrogen-bond donors (Lipinski definition) is 2. The maximum absolute atomic E-state index is 12.9. The van der Waals surface area contributed by atoms with Crippen LogP contribution in [0.25, 0.3) is 0 Å². The van der Waals surface area contributed by atoms with Gasteiger partial charge in [-0.15, -0.1) is 0 Å². The van der Waals surface area contributed by atoms with Gasteiger partial charge in [-0.3, -0.25) is 14.1 Å². The van der Waals surface area contributed by atoms with Crippen LogP contribution in [0.5, 0.6) is 0 Å². The molecule has 0 spiro atoms. The monoisotopic (exact) mass is 361 g/mol. The molecule has 1 aromatic heterocycles. The summed E-state index contributed by atoms with van der Waals surface area (Å²) in [5.74, 6) is -1.24. The molecule has 1 fully saturated rings. The van der Waals surface area contributed by atoms with Crippen LogP contribution in [0.4, 0.5) is 5.69 Å². The van der Waals surface area contributed by atoms with E-state index in [1.165, 1.54) is 9.58 Å². The Morgan fingerprint density at radius 1 is 1.27 bits per heavy atom. The second-order valence-corrected chi connectivity index (χ2v) is 6.32. The highest BCUT2D eigenvalue weighted by molar-refractivity contribution is 5.84. The van der Waals surface area contributed by atoms with Crippen molar-refractivity contribution < 1.29 is 23.9 Å². The van der Waals surface area contributed by atoms with Crippen molar-refractivity contribution in [3.05, 3.63) is 46.4 Å². The second-order valence-electron chi connectivity index (χ2n) is 6.32. The topological polar surface area (TPSA) is 111 Å². The zero-order valence-corrected chi connectivity index (χ0v) is 14.4. The molecule has 1 aliphatic carbocycles. The number of aliphatic carboxylic acids is 1. The maximum atomic E-state index is 12.9. The first-order chi connectivity index (χ1) is 12.5. The maximum Gasteiger partial charge on any atom is 0.431 e. The van der Waals surface area contributed by atoms with E-state index in [4.69, 9.17) is 4.52 Å². The summed E-state index contributed by atoms with van der Waals surface area (Å²) in [4.78, 5) is 39.0. The van der Waals surface area contributed by atoms with Crippen molar-refractivity contribution in [2.24, 2.45) is 7.05 Å². The van der Waals surface area contributed by atoms with Crippen LogP contribution in [0, 0.1) is 0 Å². The minimum atomic E-state index is -1.02. The van der Waals surface area contributed by atoms with Crippen LogP contribution < -0.4 is 15.2 Å². The van der Waals surface area contributed by atoms with Gasteiger partial charge in [0.15, 0.2) is 7.05 Å². The third-order valence-electron chi connectivity index (χ3n) is 4.32. The normalized spacial score (nSPS) is 13.4. The number of carbonyl (C=O) groups is 2. The van der Waals surface area contributed by atoms with Gasteiger partial charge >= 0.3 is 17.3 Å². The summed E-state index contributed by atoms with van der Waals surface area (Å²) in [6, 6.07) is 9.00. The van der Waals surface area contributed by atoms with Gasteiger partial charge in [0.2, 0.25) is 5.91 Å². The second kappa shape index (κ2) is 7.42. The third-order valence-corrected chi connectivity index (χ3v) is 4.32. The van der Waals surface area contributed by atoms with E-state index in [2.05, 4.69) is 5.27 Å². The summed E-state index contributed by atoms with van der Waals surface area (Å²) in [6.45, 7) is -0.234. The van der Waals surface area contributed by atoms with E-state index in [1.54, 1.807) is 36.2 Å². The Morgan fingerprint density at radius 2 is 1.96 bits per heavy atom. The average Bonchev–Trinajstić information content (AvgIpc) is 3.40. The molecule has 26 heavy (non-hydrogen) atoms. The number of anilines is 1. The van der Waals surface area contributed by atoms with Gasteiger partial charge in [0.25, 0.3) is 0 Å². The van der Waals surface area contributed by atoms with Gasteiger partial charge in [0.1, 0.15) is 13.1 Å². The lowest BCUT2D eigenvalue weighted by Crippen LogP contribution is -2.46. The molecule has 0 aliphatic heterocycles. The number of benzene rings is 1. The zero-order valence-electron chi connectivity index (χ0n) is 14.4. The van der Waals surface area contributed by atoms with Gasteiger partial charge < -0.3 is 14.9 Å². The fourth-order valence-corrected chi connectivity index (χ4v) is 2.79. The fraction of sp³-hybridized carbons (Fsp3) is 0.412. The van der Waals surface area contributed by atoms with E-state index in [1.807, 2.05) is 6.07 Å². The van der Waals surface area contributed by atoms with Crippen LogP contribution in [0.1, 0.15) is 18.5 Å². The van der Waals surface area contributed by atoms with E-state index < -0.39 is 11.6 Å². The summed E-state index contributed by atoms with van der Waals surface area (Å²) in [7, 11) is 1.64. The van der Waals surface area contributed by atoms with Crippen molar-refractivity contribution in [3.8, 4) is 0 Å². The molecule has 3 rings (SSSR count). The number of nitrogens with zero attached hydrogens (tertiary/aromatic N) is 3. The number of rotatable bonds is 8. The van der Waals surface area contributed by atoms with Crippen molar-refractivity contribution in [2.75, 3.05) is 18.0 Å². The molecule has 0 radical (unpaired) electrons. The molecule has 9 nitrogen and oxygen atoms in total. The molecular weight excluding hydrogens is 340 g/mol. The molecule has 0 unspecified atom stereocenters. The number of hydrogen-bond acceptors (Lipinski definition) is 5. The third kappa shape index (κ3) is 4.11. The van der Waals surface area contributed by atoms with Gasteiger partial charge in [0, 0.05) is 11.7 Å². The number of aromatic nitrogens is 2. The molecule has 2 aromatic rings. The van der Waals surface area contributed by atoms with Crippen LogP contribution in [0.15, 0.2) is 39.6 Å². The number of carboxylic acid groups (broad SMARTS) is 1.